The Kier molecular flexibility index (Phi) is 4.10. The molecule has 0 atom stereocenters. The van der Waals surface area contributed by atoms with E-state index in [4.69, 9.17) is 27.9 Å². The molecule has 0 fully saturated rings. The molecule has 0 radical (unpaired) electrons. The van der Waals surface area contributed by atoms with Gasteiger partial charge in [0, 0.05) is 22.4 Å². The van der Waals surface area contributed by atoms with Crippen molar-refractivity contribution >= 4 is 34.5 Å². The number of ether oxygens (including phenoxy) is 1. The van der Waals surface area contributed by atoms with Gasteiger partial charge >= 0.3 is 0 Å². The highest BCUT2D eigenvalue weighted by atomic mass is 35.5. The van der Waals surface area contributed by atoms with Crippen LogP contribution in [-0.4, -0.2) is 6.61 Å². The van der Waals surface area contributed by atoms with E-state index < -0.39 is 0 Å². The van der Waals surface area contributed by atoms with Crippen molar-refractivity contribution in [3.05, 3.63) is 50.6 Å². The minimum Gasteiger partial charge on any atom is -0.492 e. The zero-order valence-corrected chi connectivity index (χ0v) is 10.8. The molecule has 4 heteroatoms. The van der Waals surface area contributed by atoms with Gasteiger partial charge in [-0.1, -0.05) is 29.3 Å². The maximum absolute atomic E-state index is 5.98. The van der Waals surface area contributed by atoms with Crippen LogP contribution in [0.25, 0.3) is 0 Å². The normalized spacial score (nSPS) is 10.4. The quantitative estimate of drug-likeness (QED) is 0.786. The topological polar surface area (TPSA) is 9.23 Å². The van der Waals surface area contributed by atoms with E-state index in [0.29, 0.717) is 22.4 Å². The molecule has 0 N–H and O–H groups in total. The van der Waals surface area contributed by atoms with Crippen molar-refractivity contribution in [3.63, 3.8) is 0 Å². The number of rotatable bonds is 4. The van der Waals surface area contributed by atoms with Crippen LogP contribution >= 0.6 is 34.5 Å². The first-order valence-electron chi connectivity index (χ1n) is 4.86. The van der Waals surface area contributed by atoms with Crippen molar-refractivity contribution in [2.45, 2.75) is 6.42 Å². The first-order valence-corrected chi connectivity index (χ1v) is 6.49. The molecule has 0 aliphatic carbocycles. The van der Waals surface area contributed by atoms with Gasteiger partial charge in [-0.05, 0) is 23.6 Å². The zero-order valence-electron chi connectivity index (χ0n) is 8.45. The fraction of sp³-hybridized carbons (Fsp3) is 0.167. The fourth-order valence-electron chi connectivity index (χ4n) is 1.30. The summed E-state index contributed by atoms with van der Waals surface area (Å²) < 4.78 is 5.58. The molecule has 0 saturated carbocycles. The van der Waals surface area contributed by atoms with Crippen LogP contribution in [0, 0.1) is 0 Å². The monoisotopic (exact) mass is 272 g/mol. The van der Waals surface area contributed by atoms with E-state index >= 15 is 0 Å². The number of halogens is 2. The smallest absolute Gasteiger partial charge is 0.139 e. The van der Waals surface area contributed by atoms with E-state index in [-0.39, 0.29) is 0 Å². The molecule has 0 unspecified atom stereocenters. The molecular formula is C12H10Cl2OS. The average Bonchev–Trinajstić information content (AvgIpc) is 2.76. The largest absolute Gasteiger partial charge is 0.492 e. The van der Waals surface area contributed by atoms with Crippen molar-refractivity contribution in [3.8, 4) is 5.75 Å². The van der Waals surface area contributed by atoms with Crippen LogP contribution in [-0.2, 0) is 6.42 Å². The van der Waals surface area contributed by atoms with Crippen molar-refractivity contribution in [2.24, 2.45) is 0 Å². The predicted octanol–water partition coefficient (Wildman–Crippen LogP) is 4.68. The summed E-state index contributed by atoms with van der Waals surface area (Å²) in [5.41, 5.74) is 0. The third kappa shape index (κ3) is 3.14. The number of hydrogen-bond acceptors (Lipinski definition) is 2. The summed E-state index contributed by atoms with van der Waals surface area (Å²) in [6.07, 6.45) is 0.889. The number of thiophene rings is 1. The maximum atomic E-state index is 5.98. The van der Waals surface area contributed by atoms with Crippen LogP contribution < -0.4 is 4.74 Å². The Bertz CT molecular complexity index is 454. The van der Waals surface area contributed by atoms with Crippen molar-refractivity contribution in [1.82, 2.24) is 0 Å². The number of benzene rings is 1. The summed E-state index contributed by atoms with van der Waals surface area (Å²) in [5.74, 6) is 0.644. The Morgan fingerprint density at radius 3 is 2.81 bits per heavy atom. The Hall–Kier alpha value is -0.700. The molecule has 2 aromatic rings. The molecule has 84 valence electrons. The molecule has 16 heavy (non-hydrogen) atoms. The van der Waals surface area contributed by atoms with Crippen LogP contribution in [0.2, 0.25) is 10.0 Å². The molecular weight excluding hydrogens is 263 g/mol. The SMILES string of the molecule is Clc1ccc(Cl)c(OCCc2cccs2)c1. The third-order valence-corrected chi connectivity index (χ3v) is 3.56. The Morgan fingerprint density at radius 2 is 2.06 bits per heavy atom. The standard InChI is InChI=1S/C12H10Cl2OS/c13-9-3-4-11(14)12(8-9)15-6-5-10-2-1-7-16-10/h1-4,7-8H,5-6H2. The predicted molar refractivity (Wildman–Crippen MR) is 70.0 cm³/mol. The van der Waals surface area contributed by atoms with Gasteiger partial charge in [0.25, 0.3) is 0 Å². The van der Waals surface area contributed by atoms with Crippen molar-refractivity contribution < 1.29 is 4.74 Å². The van der Waals surface area contributed by atoms with Crippen LogP contribution in [0.3, 0.4) is 0 Å². The third-order valence-electron chi connectivity index (χ3n) is 2.08. The van der Waals surface area contributed by atoms with Gasteiger partial charge in [-0.15, -0.1) is 11.3 Å². The highest BCUT2D eigenvalue weighted by Crippen LogP contribution is 2.27. The number of hydrogen-bond donors (Lipinski definition) is 0. The van der Waals surface area contributed by atoms with Crippen LogP contribution in [0.4, 0.5) is 0 Å². The second-order valence-electron chi connectivity index (χ2n) is 3.25. The van der Waals surface area contributed by atoms with Gasteiger partial charge in [-0.2, -0.15) is 0 Å². The molecule has 0 saturated heterocycles. The summed E-state index contributed by atoms with van der Waals surface area (Å²) in [4.78, 5) is 1.30. The molecule has 1 nitrogen and oxygen atoms in total. The lowest BCUT2D eigenvalue weighted by Gasteiger charge is -2.07. The van der Waals surface area contributed by atoms with Gasteiger partial charge in [0.05, 0.1) is 11.6 Å². The van der Waals surface area contributed by atoms with Gasteiger partial charge in [0.2, 0.25) is 0 Å². The highest BCUT2D eigenvalue weighted by Gasteiger charge is 2.02. The summed E-state index contributed by atoms with van der Waals surface area (Å²) in [6, 6.07) is 9.35. The molecule has 0 aliphatic rings. The van der Waals surface area contributed by atoms with Gasteiger partial charge in [-0.3, -0.25) is 0 Å². The second-order valence-corrected chi connectivity index (χ2v) is 5.13. The van der Waals surface area contributed by atoms with E-state index in [9.17, 15) is 0 Å². The molecule has 0 bridgehead atoms. The van der Waals surface area contributed by atoms with Gasteiger partial charge in [-0.25, -0.2) is 0 Å². The molecule has 0 spiro atoms. The lowest BCUT2D eigenvalue weighted by atomic mass is 10.3. The van der Waals surface area contributed by atoms with Crippen molar-refractivity contribution in [2.75, 3.05) is 6.61 Å². The fourth-order valence-corrected chi connectivity index (χ4v) is 2.33. The lowest BCUT2D eigenvalue weighted by molar-refractivity contribution is 0.323. The maximum Gasteiger partial charge on any atom is 0.139 e. The summed E-state index contributed by atoms with van der Waals surface area (Å²) in [5, 5.41) is 3.29. The first-order chi connectivity index (χ1) is 7.75. The summed E-state index contributed by atoms with van der Waals surface area (Å²) in [7, 11) is 0. The highest BCUT2D eigenvalue weighted by molar-refractivity contribution is 7.09. The minimum atomic E-state index is 0.593. The Labute approximate surface area is 109 Å². The van der Waals surface area contributed by atoms with E-state index in [1.807, 2.05) is 6.07 Å². The van der Waals surface area contributed by atoms with Crippen molar-refractivity contribution in [1.29, 1.82) is 0 Å². The van der Waals surface area contributed by atoms with E-state index in [1.54, 1.807) is 29.5 Å². The van der Waals surface area contributed by atoms with E-state index in [0.717, 1.165) is 6.42 Å². The minimum absolute atomic E-state index is 0.593. The van der Waals surface area contributed by atoms with Crippen LogP contribution in [0.15, 0.2) is 35.7 Å². The second kappa shape index (κ2) is 5.58. The van der Waals surface area contributed by atoms with Gasteiger partial charge in [0.1, 0.15) is 5.75 Å². The summed E-state index contributed by atoms with van der Waals surface area (Å²) >= 11 is 13.6. The first kappa shape index (κ1) is 11.8. The summed E-state index contributed by atoms with van der Waals surface area (Å²) in [6.45, 7) is 0.612. The molecule has 1 aromatic carbocycles. The van der Waals surface area contributed by atoms with Gasteiger partial charge < -0.3 is 4.74 Å². The van der Waals surface area contributed by atoms with E-state index in [2.05, 4.69) is 11.4 Å². The molecule has 0 aliphatic heterocycles. The Morgan fingerprint density at radius 1 is 1.19 bits per heavy atom. The van der Waals surface area contributed by atoms with E-state index in [1.165, 1.54) is 4.88 Å². The molecule has 1 heterocycles. The lowest BCUT2D eigenvalue weighted by Crippen LogP contribution is -2.00. The molecule has 0 amide bonds. The zero-order chi connectivity index (χ0) is 11.4. The molecule has 1 aromatic heterocycles. The average molecular weight is 273 g/mol. The Balaban J connectivity index is 1.92. The van der Waals surface area contributed by atoms with Gasteiger partial charge in [0.15, 0.2) is 0 Å². The van der Waals surface area contributed by atoms with Crippen LogP contribution in [0.1, 0.15) is 4.88 Å². The van der Waals surface area contributed by atoms with Crippen LogP contribution in [0.5, 0.6) is 5.75 Å². The molecule has 2 rings (SSSR count).